The summed E-state index contributed by atoms with van der Waals surface area (Å²) < 4.78 is 54.1. The quantitative estimate of drug-likeness (QED) is 0.432. The number of hydrogen-bond donors (Lipinski definition) is 0. The van der Waals surface area contributed by atoms with Crippen LogP contribution in [0.2, 0.25) is 5.02 Å². The first-order chi connectivity index (χ1) is 14.2. The van der Waals surface area contributed by atoms with Crippen molar-refractivity contribution in [1.29, 1.82) is 0 Å². The van der Waals surface area contributed by atoms with E-state index < -0.39 is 34.7 Å². The maximum atomic E-state index is 13.4. The lowest BCUT2D eigenvalue weighted by atomic mass is 10.0. The number of alkyl halides is 3. The summed E-state index contributed by atoms with van der Waals surface area (Å²) in [5, 5.41) is 7.33. The average molecular weight is 438 g/mol. The van der Waals surface area contributed by atoms with Crippen LogP contribution in [-0.2, 0) is 6.18 Å². The molecule has 0 aliphatic carbocycles. The predicted octanol–water partition coefficient (Wildman–Crippen LogP) is 4.66. The van der Waals surface area contributed by atoms with Crippen molar-refractivity contribution in [3.05, 3.63) is 76.1 Å². The lowest BCUT2D eigenvalue weighted by molar-refractivity contribution is -0.137. The summed E-state index contributed by atoms with van der Waals surface area (Å²) in [5.74, 6) is -1.22. The molecule has 0 spiro atoms. The van der Waals surface area contributed by atoms with Crippen molar-refractivity contribution in [2.45, 2.75) is 19.1 Å². The zero-order valence-corrected chi connectivity index (χ0v) is 16.0. The van der Waals surface area contributed by atoms with Gasteiger partial charge < -0.3 is 4.90 Å². The fraction of sp³-hybridized carbons (Fsp3) is 0.158. The Morgan fingerprint density at radius 2 is 1.90 bits per heavy atom. The smallest absolute Gasteiger partial charge is 0.306 e. The Kier molecular flexibility index (Phi) is 4.81. The predicted molar refractivity (Wildman–Crippen MR) is 99.2 cm³/mol. The molecular weight excluding hydrogens is 426 g/mol. The van der Waals surface area contributed by atoms with Crippen molar-refractivity contribution in [3.63, 3.8) is 0 Å². The third-order valence-electron chi connectivity index (χ3n) is 4.62. The Morgan fingerprint density at radius 3 is 2.60 bits per heavy atom. The highest BCUT2D eigenvalue weighted by Crippen LogP contribution is 2.38. The normalized spacial score (nSPS) is 15.9. The van der Waals surface area contributed by atoms with Crippen LogP contribution in [0.1, 0.15) is 40.3 Å². The van der Waals surface area contributed by atoms with Gasteiger partial charge in [0.1, 0.15) is 5.69 Å². The molecule has 154 valence electrons. The van der Waals surface area contributed by atoms with Crippen molar-refractivity contribution in [3.8, 4) is 5.82 Å². The number of pyridine rings is 1. The molecule has 0 N–H and O–H groups in total. The molecule has 1 amide bonds. The van der Waals surface area contributed by atoms with E-state index >= 15 is 0 Å². The fourth-order valence-electron chi connectivity index (χ4n) is 3.15. The Bertz CT molecular complexity index is 1170. The Balaban J connectivity index is 1.70. The number of amides is 1. The molecule has 4 rings (SSSR count). The Labute approximate surface area is 172 Å². The number of aromatic nitrogens is 4. The van der Waals surface area contributed by atoms with E-state index in [0.29, 0.717) is 11.4 Å². The van der Waals surface area contributed by atoms with E-state index in [2.05, 4.69) is 15.3 Å². The first-order valence-corrected chi connectivity index (χ1v) is 9.01. The SMILES string of the molecule is CC1c2nnn(-c3cccc(F)n3)c2C=CN1C(=O)c1cccc(C(F)(F)F)c1Cl. The van der Waals surface area contributed by atoms with E-state index in [-0.39, 0.29) is 11.4 Å². The largest absolute Gasteiger partial charge is 0.417 e. The van der Waals surface area contributed by atoms with Crippen LogP contribution in [0, 0.1) is 5.95 Å². The molecule has 0 fully saturated rings. The minimum atomic E-state index is -4.69. The third-order valence-corrected chi connectivity index (χ3v) is 5.03. The van der Waals surface area contributed by atoms with Crippen molar-refractivity contribution in [2.75, 3.05) is 0 Å². The van der Waals surface area contributed by atoms with Crippen molar-refractivity contribution < 1.29 is 22.4 Å². The minimum absolute atomic E-state index is 0.196. The molecule has 3 heterocycles. The lowest BCUT2D eigenvalue weighted by Crippen LogP contribution is -2.31. The molecular formula is C19H12ClF4N5O. The monoisotopic (exact) mass is 437 g/mol. The first kappa shape index (κ1) is 20.0. The minimum Gasteiger partial charge on any atom is -0.306 e. The van der Waals surface area contributed by atoms with Crippen molar-refractivity contribution in [2.24, 2.45) is 0 Å². The second-order valence-corrected chi connectivity index (χ2v) is 6.84. The van der Waals surface area contributed by atoms with Gasteiger partial charge in [-0.25, -0.2) is 4.98 Å². The zero-order chi connectivity index (χ0) is 21.6. The summed E-state index contributed by atoms with van der Waals surface area (Å²) in [6.07, 6.45) is -1.79. The van der Waals surface area contributed by atoms with Crippen LogP contribution < -0.4 is 0 Å². The van der Waals surface area contributed by atoms with Gasteiger partial charge in [0.15, 0.2) is 5.82 Å². The van der Waals surface area contributed by atoms with Gasteiger partial charge >= 0.3 is 6.18 Å². The topological polar surface area (TPSA) is 63.9 Å². The summed E-state index contributed by atoms with van der Waals surface area (Å²) in [4.78, 5) is 17.9. The zero-order valence-electron chi connectivity index (χ0n) is 15.2. The number of benzene rings is 1. The highest BCUT2D eigenvalue weighted by Gasteiger charge is 2.36. The molecule has 0 radical (unpaired) electrons. The molecule has 1 unspecified atom stereocenters. The van der Waals surface area contributed by atoms with Gasteiger partial charge in [-0.05, 0) is 37.3 Å². The molecule has 0 saturated carbocycles. The number of rotatable bonds is 2. The highest BCUT2D eigenvalue weighted by molar-refractivity contribution is 6.34. The van der Waals surface area contributed by atoms with E-state index in [4.69, 9.17) is 11.6 Å². The van der Waals surface area contributed by atoms with E-state index in [1.165, 1.54) is 46.1 Å². The molecule has 1 aromatic carbocycles. The fourth-order valence-corrected chi connectivity index (χ4v) is 3.46. The molecule has 0 bridgehead atoms. The number of nitrogens with zero attached hydrogens (tertiary/aromatic N) is 5. The second-order valence-electron chi connectivity index (χ2n) is 6.46. The molecule has 0 saturated heterocycles. The third kappa shape index (κ3) is 3.32. The number of hydrogen-bond acceptors (Lipinski definition) is 4. The average Bonchev–Trinajstić information content (AvgIpc) is 3.12. The van der Waals surface area contributed by atoms with Gasteiger partial charge in [-0.1, -0.05) is 28.9 Å². The maximum Gasteiger partial charge on any atom is 0.417 e. The van der Waals surface area contributed by atoms with Crippen LogP contribution in [0.5, 0.6) is 0 Å². The van der Waals surface area contributed by atoms with Crippen molar-refractivity contribution >= 4 is 23.6 Å². The maximum absolute atomic E-state index is 13.4. The van der Waals surface area contributed by atoms with E-state index in [1.54, 1.807) is 6.92 Å². The molecule has 3 aromatic rings. The van der Waals surface area contributed by atoms with Crippen molar-refractivity contribution in [1.82, 2.24) is 24.9 Å². The van der Waals surface area contributed by atoms with E-state index in [0.717, 1.165) is 12.1 Å². The number of carbonyl (C=O) groups is 1. The number of halogens is 5. The van der Waals surface area contributed by atoms with Gasteiger partial charge in [-0.3, -0.25) is 4.79 Å². The summed E-state index contributed by atoms with van der Waals surface area (Å²) in [6.45, 7) is 1.64. The standard InChI is InChI=1S/C19H12ClF4N5O/c1-10-17-13(29(27-26-17)15-7-3-6-14(21)25-15)8-9-28(10)18(30)11-4-2-5-12(16(11)20)19(22,23)24/h2-10H,1H3. The molecule has 30 heavy (non-hydrogen) atoms. The summed E-state index contributed by atoms with van der Waals surface area (Å²) in [5.41, 5.74) is -0.530. The van der Waals surface area contributed by atoms with Crippen LogP contribution in [-0.4, -0.2) is 30.8 Å². The number of fused-ring (bicyclic) bond motifs is 1. The molecule has 1 aliphatic rings. The molecule has 11 heteroatoms. The van der Waals surface area contributed by atoms with Gasteiger partial charge in [0, 0.05) is 6.20 Å². The summed E-state index contributed by atoms with van der Waals surface area (Å²) >= 11 is 5.89. The Hall–Kier alpha value is -3.27. The van der Waals surface area contributed by atoms with E-state index in [1.807, 2.05) is 0 Å². The van der Waals surface area contributed by atoms with Gasteiger partial charge in [0.25, 0.3) is 5.91 Å². The van der Waals surface area contributed by atoms with Crippen LogP contribution in [0.25, 0.3) is 11.9 Å². The molecule has 6 nitrogen and oxygen atoms in total. The van der Waals surface area contributed by atoms with Crippen LogP contribution >= 0.6 is 11.6 Å². The van der Waals surface area contributed by atoms with Gasteiger partial charge in [0.2, 0.25) is 5.95 Å². The molecule has 2 aromatic heterocycles. The summed E-state index contributed by atoms with van der Waals surface area (Å²) in [6, 6.07) is 6.69. The second kappa shape index (κ2) is 7.21. The van der Waals surface area contributed by atoms with Gasteiger partial charge in [-0.2, -0.15) is 22.2 Å². The summed E-state index contributed by atoms with van der Waals surface area (Å²) in [7, 11) is 0. The van der Waals surface area contributed by atoms with Gasteiger partial charge in [0.05, 0.1) is 27.9 Å². The lowest BCUT2D eigenvalue weighted by Gasteiger charge is -2.28. The first-order valence-electron chi connectivity index (χ1n) is 8.63. The molecule has 1 atom stereocenters. The van der Waals surface area contributed by atoms with E-state index in [9.17, 15) is 22.4 Å². The van der Waals surface area contributed by atoms with Crippen LogP contribution in [0.3, 0.4) is 0 Å². The Morgan fingerprint density at radius 1 is 1.17 bits per heavy atom. The molecule has 1 aliphatic heterocycles. The number of carbonyl (C=O) groups excluding carboxylic acids is 1. The van der Waals surface area contributed by atoms with Gasteiger partial charge in [-0.15, -0.1) is 5.10 Å². The van der Waals surface area contributed by atoms with Crippen LogP contribution in [0.15, 0.2) is 42.6 Å². The highest BCUT2D eigenvalue weighted by atomic mass is 35.5. The van der Waals surface area contributed by atoms with Crippen LogP contribution in [0.4, 0.5) is 17.6 Å².